The highest BCUT2D eigenvalue weighted by Gasteiger charge is 2.19. The molecule has 2 heterocycles. The molecular weight excluding hydrogens is 366 g/mol. The lowest BCUT2D eigenvalue weighted by Crippen LogP contribution is -2.20. The molecule has 0 spiro atoms. The van der Waals surface area contributed by atoms with Gasteiger partial charge in [0.25, 0.3) is 11.8 Å². The van der Waals surface area contributed by atoms with Crippen LogP contribution in [0.15, 0.2) is 42.6 Å². The summed E-state index contributed by atoms with van der Waals surface area (Å²) in [5, 5.41) is 24.3. The van der Waals surface area contributed by atoms with E-state index >= 15 is 0 Å². The first-order valence-electron chi connectivity index (χ1n) is 8.21. The molecule has 144 valence electrons. The van der Waals surface area contributed by atoms with E-state index in [0.717, 1.165) is 4.68 Å². The van der Waals surface area contributed by atoms with Gasteiger partial charge in [-0.3, -0.25) is 14.3 Å². The van der Waals surface area contributed by atoms with E-state index in [1.807, 2.05) is 0 Å². The Hall–Kier alpha value is -4.02. The molecule has 3 aromatic rings. The monoisotopic (exact) mass is 383 g/mol. The summed E-state index contributed by atoms with van der Waals surface area (Å²) in [7, 11) is 1.71. The maximum atomic E-state index is 12.2. The molecule has 2 amide bonds. The van der Waals surface area contributed by atoms with E-state index in [0.29, 0.717) is 17.1 Å². The number of amides is 2. The highest BCUT2D eigenvalue weighted by atomic mass is 16.6. The molecule has 1 aromatic carbocycles. The predicted molar refractivity (Wildman–Crippen MR) is 99.9 cm³/mol. The number of anilines is 2. The van der Waals surface area contributed by atoms with E-state index < -0.39 is 10.8 Å². The van der Waals surface area contributed by atoms with Crippen molar-refractivity contribution in [2.45, 2.75) is 13.5 Å². The first-order chi connectivity index (χ1) is 13.3. The third kappa shape index (κ3) is 4.38. The molecule has 0 unspecified atom stereocenters. The Morgan fingerprint density at radius 3 is 2.50 bits per heavy atom. The lowest BCUT2D eigenvalue weighted by atomic mass is 10.2. The molecule has 2 aromatic heterocycles. The van der Waals surface area contributed by atoms with Crippen LogP contribution in [0.2, 0.25) is 0 Å². The summed E-state index contributed by atoms with van der Waals surface area (Å²) in [5.41, 5.74) is 1.60. The summed E-state index contributed by atoms with van der Waals surface area (Å²) in [6.07, 6.45) is 1.65. The molecule has 11 nitrogen and oxygen atoms in total. The maximum absolute atomic E-state index is 12.2. The molecule has 11 heteroatoms. The summed E-state index contributed by atoms with van der Waals surface area (Å²) >= 11 is 0. The van der Waals surface area contributed by atoms with Gasteiger partial charge in [-0.1, -0.05) is 11.2 Å². The molecule has 0 saturated carbocycles. The summed E-state index contributed by atoms with van der Waals surface area (Å²) in [6.45, 7) is 1.30. The Kier molecular flexibility index (Phi) is 5.16. The summed E-state index contributed by atoms with van der Waals surface area (Å²) in [5.74, 6) is -1.13. The van der Waals surface area contributed by atoms with Crippen LogP contribution in [0, 0.1) is 17.0 Å². The molecule has 2 N–H and O–H groups in total. The van der Waals surface area contributed by atoms with Crippen molar-refractivity contribution >= 4 is 29.0 Å². The Bertz CT molecular complexity index is 1050. The van der Waals surface area contributed by atoms with Gasteiger partial charge in [-0.15, -0.1) is 4.68 Å². The Balaban J connectivity index is 1.66. The van der Waals surface area contributed by atoms with Crippen molar-refractivity contribution in [1.29, 1.82) is 0 Å². The van der Waals surface area contributed by atoms with Gasteiger partial charge < -0.3 is 20.7 Å². The second-order valence-corrected chi connectivity index (χ2v) is 6.02. The maximum Gasteiger partial charge on any atom is 0.345 e. The highest BCUT2D eigenvalue weighted by Crippen LogP contribution is 2.17. The summed E-state index contributed by atoms with van der Waals surface area (Å²) in [4.78, 5) is 34.8. The molecule has 0 aliphatic rings. The van der Waals surface area contributed by atoms with Crippen LogP contribution < -0.4 is 10.6 Å². The van der Waals surface area contributed by atoms with Crippen LogP contribution in [0.25, 0.3) is 0 Å². The molecule has 0 bridgehead atoms. The van der Waals surface area contributed by atoms with E-state index in [1.165, 1.54) is 10.7 Å². The minimum Gasteiger partial charge on any atom is -0.358 e. The van der Waals surface area contributed by atoms with Gasteiger partial charge in [0.15, 0.2) is 12.2 Å². The average molecular weight is 383 g/mol. The first kappa shape index (κ1) is 18.8. The number of rotatable bonds is 6. The van der Waals surface area contributed by atoms with Crippen molar-refractivity contribution in [3.05, 3.63) is 64.1 Å². The zero-order valence-electron chi connectivity index (χ0n) is 15.1. The summed E-state index contributed by atoms with van der Waals surface area (Å²) in [6, 6.07) is 9.40. The quantitative estimate of drug-likeness (QED) is 0.491. The number of nitrogens with one attached hydrogen (secondary N) is 2. The van der Waals surface area contributed by atoms with Gasteiger partial charge in [-0.2, -0.15) is 5.10 Å². The molecule has 0 aliphatic carbocycles. The number of hydrogen-bond donors (Lipinski definition) is 2. The Morgan fingerprint density at radius 2 is 1.86 bits per heavy atom. The van der Waals surface area contributed by atoms with Gasteiger partial charge in [0.1, 0.15) is 0 Å². The third-order valence-electron chi connectivity index (χ3n) is 3.71. The van der Waals surface area contributed by atoms with E-state index in [4.69, 9.17) is 0 Å². The second kappa shape index (κ2) is 7.70. The van der Waals surface area contributed by atoms with Crippen LogP contribution in [-0.4, -0.2) is 36.3 Å². The van der Waals surface area contributed by atoms with Crippen LogP contribution in [0.5, 0.6) is 0 Å². The minimum atomic E-state index is -0.596. The number of carbonyl (C=O) groups is 2. The van der Waals surface area contributed by atoms with Crippen LogP contribution in [0.3, 0.4) is 0 Å². The largest absolute Gasteiger partial charge is 0.358 e. The van der Waals surface area contributed by atoms with E-state index in [1.54, 1.807) is 50.5 Å². The summed E-state index contributed by atoms with van der Waals surface area (Å²) < 4.78 is 2.54. The molecule has 0 radical (unpaired) electrons. The lowest BCUT2D eigenvalue weighted by Gasteiger charge is -2.07. The predicted octanol–water partition coefficient (Wildman–Crippen LogP) is 1.72. The number of hydrogen-bond acceptors (Lipinski definition) is 6. The van der Waals surface area contributed by atoms with Crippen molar-refractivity contribution in [1.82, 2.24) is 19.6 Å². The molecule has 0 aliphatic heterocycles. The van der Waals surface area contributed by atoms with Gasteiger partial charge in [0.2, 0.25) is 0 Å². The van der Waals surface area contributed by atoms with Gasteiger partial charge >= 0.3 is 5.82 Å². The topological polar surface area (TPSA) is 137 Å². The van der Waals surface area contributed by atoms with E-state index in [2.05, 4.69) is 20.8 Å². The fourth-order valence-electron chi connectivity index (χ4n) is 2.54. The van der Waals surface area contributed by atoms with Crippen LogP contribution in [0.4, 0.5) is 17.2 Å². The molecule has 28 heavy (non-hydrogen) atoms. The standard InChI is InChI=1S/C17H17N7O4/c1-11-8-16(24(27)28)23(20-11)10-15(25)18-12-4-3-5-13(9-12)19-17(26)14-6-7-22(2)21-14/h3-9H,10H2,1-2H3,(H,18,25)(H,19,26). The fraction of sp³-hybridized carbons (Fsp3) is 0.176. The number of nitrogens with zero attached hydrogens (tertiary/aromatic N) is 5. The molecule has 0 fully saturated rings. The van der Waals surface area contributed by atoms with Gasteiger partial charge in [0.05, 0.1) is 11.8 Å². The second-order valence-electron chi connectivity index (χ2n) is 6.02. The molecule has 0 atom stereocenters. The van der Waals surface area contributed by atoms with Crippen molar-refractivity contribution in [2.75, 3.05) is 10.6 Å². The average Bonchev–Trinajstić information content (AvgIpc) is 3.21. The fourth-order valence-corrected chi connectivity index (χ4v) is 2.54. The van der Waals surface area contributed by atoms with E-state index in [9.17, 15) is 19.7 Å². The number of benzene rings is 1. The van der Waals surface area contributed by atoms with Gasteiger partial charge in [-0.25, -0.2) is 0 Å². The van der Waals surface area contributed by atoms with Crippen LogP contribution >= 0.6 is 0 Å². The number of aromatic nitrogens is 4. The molecule has 3 rings (SSSR count). The SMILES string of the molecule is Cc1cc([N+](=O)[O-])n(CC(=O)Nc2cccc(NC(=O)c3ccn(C)n3)c2)n1. The zero-order chi connectivity index (χ0) is 20.3. The lowest BCUT2D eigenvalue weighted by molar-refractivity contribution is -0.392. The normalized spacial score (nSPS) is 10.5. The van der Waals surface area contributed by atoms with Crippen molar-refractivity contribution < 1.29 is 14.5 Å². The molecular formula is C17H17N7O4. The Morgan fingerprint density at radius 1 is 1.14 bits per heavy atom. The molecule has 0 saturated heterocycles. The van der Waals surface area contributed by atoms with E-state index in [-0.39, 0.29) is 24.0 Å². The number of carbonyl (C=O) groups excluding carboxylic acids is 2. The van der Waals surface area contributed by atoms with Gasteiger partial charge in [-0.05, 0) is 36.1 Å². The first-order valence-corrected chi connectivity index (χ1v) is 8.21. The smallest absolute Gasteiger partial charge is 0.345 e. The minimum absolute atomic E-state index is 0.260. The van der Waals surface area contributed by atoms with Gasteiger partial charge in [0, 0.05) is 24.6 Å². The van der Waals surface area contributed by atoms with Crippen molar-refractivity contribution in [2.24, 2.45) is 7.05 Å². The van der Waals surface area contributed by atoms with Crippen molar-refractivity contribution in [3.8, 4) is 0 Å². The van der Waals surface area contributed by atoms with Crippen LogP contribution in [0.1, 0.15) is 16.2 Å². The van der Waals surface area contributed by atoms with Crippen molar-refractivity contribution in [3.63, 3.8) is 0 Å². The number of nitro groups is 1. The highest BCUT2D eigenvalue weighted by molar-refractivity contribution is 6.03. The van der Waals surface area contributed by atoms with Crippen LogP contribution in [-0.2, 0) is 18.4 Å². The third-order valence-corrected chi connectivity index (χ3v) is 3.71. The Labute approximate surface area is 159 Å². The zero-order valence-corrected chi connectivity index (χ0v) is 15.1. The number of aryl methyl sites for hydroxylation is 2.